The first kappa shape index (κ1) is 17.5. The fraction of sp³-hybridized carbons (Fsp3) is 0.250. The van der Waals surface area contributed by atoms with Gasteiger partial charge in [-0.25, -0.2) is 4.79 Å². The summed E-state index contributed by atoms with van der Waals surface area (Å²) in [6, 6.07) is 8.64. The summed E-state index contributed by atoms with van der Waals surface area (Å²) < 4.78 is 10.6. The van der Waals surface area contributed by atoms with E-state index in [2.05, 4.69) is 26.0 Å². The molecule has 122 valence electrons. The molecule has 1 unspecified atom stereocenters. The van der Waals surface area contributed by atoms with Crippen LogP contribution < -0.4 is 10.1 Å². The van der Waals surface area contributed by atoms with E-state index in [-0.39, 0.29) is 11.9 Å². The van der Waals surface area contributed by atoms with Gasteiger partial charge in [-0.3, -0.25) is 4.79 Å². The molecule has 1 N–H and O–H groups in total. The van der Waals surface area contributed by atoms with Crippen LogP contribution in [-0.4, -0.2) is 26.1 Å². The molecule has 1 aromatic heterocycles. The summed E-state index contributed by atoms with van der Waals surface area (Å²) in [7, 11) is 2.91. The van der Waals surface area contributed by atoms with Crippen LogP contribution in [-0.2, 0) is 4.74 Å². The third kappa shape index (κ3) is 4.11. The number of nitrogens with one attached hydrogen (secondary N) is 1. The molecule has 0 saturated heterocycles. The summed E-state index contributed by atoms with van der Waals surface area (Å²) in [5, 5.41) is 2.91. The second kappa shape index (κ2) is 7.61. The van der Waals surface area contributed by atoms with Gasteiger partial charge >= 0.3 is 5.97 Å². The van der Waals surface area contributed by atoms with E-state index in [4.69, 9.17) is 4.74 Å². The summed E-state index contributed by atoms with van der Waals surface area (Å²) in [5.74, 6) is 0.0547. The lowest BCUT2D eigenvalue weighted by Crippen LogP contribution is -2.25. The van der Waals surface area contributed by atoms with Crippen LogP contribution in [0.5, 0.6) is 5.75 Å². The zero-order valence-corrected chi connectivity index (χ0v) is 15.3. The molecule has 0 spiro atoms. The van der Waals surface area contributed by atoms with Gasteiger partial charge in [0.1, 0.15) is 10.6 Å². The minimum atomic E-state index is -0.443. The standard InChI is InChI=1S/C16H16BrNO4S/c1-9(10-4-5-12(21-2)11(17)8-10)18-15(19)13-6-7-14(23-13)16(20)22-3/h4-9H,1-3H3,(H,18,19). The SMILES string of the molecule is COC(=O)c1ccc(C(=O)NC(C)c2ccc(OC)c(Br)c2)s1. The van der Waals surface area contributed by atoms with E-state index in [9.17, 15) is 9.59 Å². The fourth-order valence-corrected chi connectivity index (χ4v) is 3.36. The lowest BCUT2D eigenvalue weighted by Gasteiger charge is -2.15. The third-order valence-corrected chi connectivity index (χ3v) is 4.92. The highest BCUT2D eigenvalue weighted by Gasteiger charge is 2.17. The maximum Gasteiger partial charge on any atom is 0.348 e. The Bertz CT molecular complexity index is 729. The number of hydrogen-bond acceptors (Lipinski definition) is 5. The van der Waals surface area contributed by atoms with E-state index < -0.39 is 5.97 Å². The van der Waals surface area contributed by atoms with E-state index in [1.165, 1.54) is 7.11 Å². The lowest BCUT2D eigenvalue weighted by molar-refractivity contribution is 0.0606. The zero-order valence-electron chi connectivity index (χ0n) is 12.9. The largest absolute Gasteiger partial charge is 0.496 e. The van der Waals surface area contributed by atoms with Gasteiger partial charge in [-0.1, -0.05) is 6.07 Å². The Morgan fingerprint density at radius 1 is 1.17 bits per heavy atom. The van der Waals surface area contributed by atoms with E-state index in [0.29, 0.717) is 9.75 Å². The van der Waals surface area contributed by atoms with Gasteiger partial charge in [-0.2, -0.15) is 0 Å². The Balaban J connectivity index is 2.08. The van der Waals surface area contributed by atoms with Crippen molar-refractivity contribution in [2.75, 3.05) is 14.2 Å². The van der Waals surface area contributed by atoms with E-state index >= 15 is 0 Å². The van der Waals surface area contributed by atoms with Crippen molar-refractivity contribution in [3.63, 3.8) is 0 Å². The molecule has 0 aliphatic rings. The topological polar surface area (TPSA) is 64.6 Å². The molecule has 0 fully saturated rings. The maximum atomic E-state index is 12.3. The summed E-state index contributed by atoms with van der Waals surface area (Å²) in [4.78, 5) is 24.6. The highest BCUT2D eigenvalue weighted by molar-refractivity contribution is 9.10. The zero-order chi connectivity index (χ0) is 17.0. The molecule has 1 atom stereocenters. The van der Waals surface area contributed by atoms with Crippen LogP contribution in [0, 0.1) is 0 Å². The van der Waals surface area contributed by atoms with Gasteiger partial charge in [0.2, 0.25) is 0 Å². The molecule has 0 aliphatic carbocycles. The summed E-state index contributed by atoms with van der Waals surface area (Å²) in [6.07, 6.45) is 0. The number of carbonyl (C=O) groups is 2. The molecule has 2 rings (SSSR count). The van der Waals surface area contributed by atoms with E-state index in [0.717, 1.165) is 27.1 Å². The van der Waals surface area contributed by atoms with Gasteiger partial charge in [-0.05, 0) is 52.7 Å². The Hall–Kier alpha value is -1.86. The van der Waals surface area contributed by atoms with E-state index in [1.54, 1.807) is 19.2 Å². The van der Waals surface area contributed by atoms with Crippen LogP contribution in [0.2, 0.25) is 0 Å². The Morgan fingerprint density at radius 2 is 1.87 bits per heavy atom. The van der Waals surface area contributed by atoms with Crippen LogP contribution in [0.25, 0.3) is 0 Å². The summed E-state index contributed by atoms with van der Waals surface area (Å²) in [5.41, 5.74) is 0.941. The Labute approximate surface area is 146 Å². The fourth-order valence-electron chi connectivity index (χ4n) is 1.97. The van der Waals surface area contributed by atoms with Crippen molar-refractivity contribution in [3.8, 4) is 5.75 Å². The molecule has 1 amide bonds. The Morgan fingerprint density at radius 3 is 2.48 bits per heavy atom. The van der Waals surface area contributed by atoms with Crippen molar-refractivity contribution in [1.82, 2.24) is 5.32 Å². The first-order chi connectivity index (χ1) is 11.0. The quantitative estimate of drug-likeness (QED) is 0.779. The molecule has 0 radical (unpaired) electrons. The normalized spacial score (nSPS) is 11.7. The maximum absolute atomic E-state index is 12.3. The van der Waals surface area contributed by atoms with Gasteiger partial charge in [-0.15, -0.1) is 11.3 Å². The van der Waals surface area contributed by atoms with Gasteiger partial charge < -0.3 is 14.8 Å². The Kier molecular flexibility index (Phi) is 5.79. The van der Waals surface area contributed by atoms with Gasteiger partial charge in [0.15, 0.2) is 0 Å². The molecule has 1 heterocycles. The number of rotatable bonds is 5. The second-order valence-electron chi connectivity index (χ2n) is 4.74. The monoisotopic (exact) mass is 397 g/mol. The molecule has 0 aliphatic heterocycles. The average Bonchev–Trinajstić information content (AvgIpc) is 3.04. The summed E-state index contributed by atoms with van der Waals surface area (Å²) >= 11 is 4.53. The first-order valence-electron chi connectivity index (χ1n) is 6.78. The van der Waals surface area contributed by atoms with Crippen molar-refractivity contribution in [2.45, 2.75) is 13.0 Å². The smallest absolute Gasteiger partial charge is 0.348 e. The number of benzene rings is 1. The van der Waals surface area contributed by atoms with Crippen LogP contribution in [0.3, 0.4) is 0 Å². The van der Waals surface area contributed by atoms with Gasteiger partial charge in [0.05, 0.1) is 29.6 Å². The summed E-state index contributed by atoms with van der Waals surface area (Å²) in [6.45, 7) is 1.89. The number of halogens is 1. The predicted octanol–water partition coefficient (Wildman–Crippen LogP) is 3.80. The van der Waals surface area contributed by atoms with Crippen LogP contribution in [0.15, 0.2) is 34.8 Å². The highest BCUT2D eigenvalue weighted by Crippen LogP contribution is 2.28. The second-order valence-corrected chi connectivity index (χ2v) is 6.68. The molecular weight excluding hydrogens is 382 g/mol. The van der Waals surface area contributed by atoms with Crippen molar-refractivity contribution in [2.24, 2.45) is 0 Å². The van der Waals surface area contributed by atoms with Gasteiger partial charge in [0, 0.05) is 0 Å². The molecule has 23 heavy (non-hydrogen) atoms. The molecule has 0 saturated carbocycles. The molecule has 1 aromatic carbocycles. The average molecular weight is 398 g/mol. The number of ether oxygens (including phenoxy) is 2. The van der Waals surface area contributed by atoms with Crippen molar-refractivity contribution in [1.29, 1.82) is 0 Å². The molecule has 0 bridgehead atoms. The molecule has 2 aromatic rings. The van der Waals surface area contributed by atoms with E-state index in [1.807, 2.05) is 25.1 Å². The predicted molar refractivity (Wildman–Crippen MR) is 92.2 cm³/mol. The minimum Gasteiger partial charge on any atom is -0.496 e. The molecule has 5 nitrogen and oxygen atoms in total. The van der Waals surface area contributed by atoms with Gasteiger partial charge in [0.25, 0.3) is 5.91 Å². The number of methoxy groups -OCH3 is 2. The molecular formula is C16H16BrNO4S. The molecule has 7 heteroatoms. The highest BCUT2D eigenvalue weighted by atomic mass is 79.9. The number of amides is 1. The number of thiophene rings is 1. The van der Waals surface area contributed by atoms with Crippen molar-refractivity contribution in [3.05, 3.63) is 50.1 Å². The van der Waals surface area contributed by atoms with Crippen LogP contribution >= 0.6 is 27.3 Å². The lowest BCUT2D eigenvalue weighted by atomic mass is 10.1. The third-order valence-electron chi connectivity index (χ3n) is 3.24. The first-order valence-corrected chi connectivity index (χ1v) is 8.39. The minimum absolute atomic E-state index is 0.187. The number of carbonyl (C=O) groups excluding carboxylic acids is 2. The van der Waals surface area contributed by atoms with Crippen LogP contribution in [0.4, 0.5) is 0 Å². The van der Waals surface area contributed by atoms with Crippen molar-refractivity contribution < 1.29 is 19.1 Å². The number of esters is 1. The number of hydrogen-bond donors (Lipinski definition) is 1. The van der Waals surface area contributed by atoms with Crippen LogP contribution in [0.1, 0.15) is 37.9 Å². The van der Waals surface area contributed by atoms with Crippen molar-refractivity contribution >= 4 is 39.1 Å².